The topological polar surface area (TPSA) is 44.8 Å². The summed E-state index contributed by atoms with van der Waals surface area (Å²) < 4.78 is 15.7. The standard InChI is InChI=1S/C16H16O4/c1-18-16(17)13-6-5-9-15(12-13)20-11-10-19-14-7-3-2-4-8-14/h2-9,12H,10-11H2,1H3. The number of para-hydroxylation sites is 1. The predicted molar refractivity (Wildman–Crippen MR) is 75.2 cm³/mol. The number of benzene rings is 2. The maximum absolute atomic E-state index is 11.4. The molecule has 0 bridgehead atoms. The van der Waals surface area contributed by atoms with E-state index in [-0.39, 0.29) is 5.97 Å². The molecule has 0 aliphatic heterocycles. The molecule has 0 radical (unpaired) electrons. The molecule has 4 nitrogen and oxygen atoms in total. The lowest BCUT2D eigenvalue weighted by atomic mass is 10.2. The van der Waals surface area contributed by atoms with E-state index in [1.807, 2.05) is 30.3 Å². The van der Waals surface area contributed by atoms with Gasteiger partial charge in [-0.3, -0.25) is 0 Å². The third-order valence-corrected chi connectivity index (χ3v) is 2.62. The van der Waals surface area contributed by atoms with Crippen molar-refractivity contribution >= 4 is 5.97 Å². The Kier molecular flexibility index (Phi) is 5.00. The summed E-state index contributed by atoms with van der Waals surface area (Å²) in [6.07, 6.45) is 0. The first kappa shape index (κ1) is 13.9. The molecule has 0 atom stereocenters. The van der Waals surface area contributed by atoms with Crippen LogP contribution in [0.5, 0.6) is 11.5 Å². The summed E-state index contributed by atoms with van der Waals surface area (Å²) in [6.45, 7) is 0.839. The number of carbonyl (C=O) groups excluding carboxylic acids is 1. The molecule has 4 heteroatoms. The van der Waals surface area contributed by atoms with E-state index in [1.54, 1.807) is 24.3 Å². The highest BCUT2D eigenvalue weighted by Gasteiger charge is 2.05. The SMILES string of the molecule is COC(=O)c1cccc(OCCOc2ccccc2)c1. The van der Waals surface area contributed by atoms with E-state index in [4.69, 9.17) is 9.47 Å². The van der Waals surface area contributed by atoms with Crippen LogP contribution in [0.1, 0.15) is 10.4 Å². The number of rotatable bonds is 6. The van der Waals surface area contributed by atoms with Gasteiger partial charge in [0.15, 0.2) is 0 Å². The zero-order valence-electron chi connectivity index (χ0n) is 11.2. The van der Waals surface area contributed by atoms with Crippen molar-refractivity contribution in [3.05, 3.63) is 60.2 Å². The molecule has 104 valence electrons. The summed E-state index contributed by atoms with van der Waals surface area (Å²) in [5, 5.41) is 0. The van der Waals surface area contributed by atoms with Crippen molar-refractivity contribution in [3.8, 4) is 11.5 Å². The number of esters is 1. The van der Waals surface area contributed by atoms with Crippen LogP contribution in [0.15, 0.2) is 54.6 Å². The summed E-state index contributed by atoms with van der Waals surface area (Å²) in [5.41, 5.74) is 0.467. The molecule has 0 amide bonds. The zero-order valence-corrected chi connectivity index (χ0v) is 11.2. The molecular formula is C16H16O4. The third kappa shape index (κ3) is 4.02. The molecule has 0 aliphatic carbocycles. The van der Waals surface area contributed by atoms with Gasteiger partial charge in [-0.05, 0) is 30.3 Å². The van der Waals surface area contributed by atoms with E-state index in [0.29, 0.717) is 24.5 Å². The van der Waals surface area contributed by atoms with Crippen molar-refractivity contribution in [1.82, 2.24) is 0 Å². The fourth-order valence-corrected chi connectivity index (χ4v) is 1.67. The zero-order chi connectivity index (χ0) is 14.2. The highest BCUT2D eigenvalue weighted by molar-refractivity contribution is 5.89. The molecule has 2 aromatic rings. The number of ether oxygens (including phenoxy) is 3. The lowest BCUT2D eigenvalue weighted by molar-refractivity contribution is 0.0600. The van der Waals surface area contributed by atoms with E-state index in [2.05, 4.69) is 4.74 Å². The average molecular weight is 272 g/mol. The minimum atomic E-state index is -0.379. The van der Waals surface area contributed by atoms with Crippen molar-refractivity contribution in [2.75, 3.05) is 20.3 Å². The molecule has 0 spiro atoms. The van der Waals surface area contributed by atoms with E-state index >= 15 is 0 Å². The van der Waals surface area contributed by atoms with Gasteiger partial charge < -0.3 is 14.2 Å². The van der Waals surface area contributed by atoms with Crippen molar-refractivity contribution in [3.63, 3.8) is 0 Å². The summed E-state index contributed by atoms with van der Waals surface area (Å²) in [6, 6.07) is 16.4. The van der Waals surface area contributed by atoms with Gasteiger partial charge in [-0.15, -0.1) is 0 Å². The van der Waals surface area contributed by atoms with Gasteiger partial charge in [-0.1, -0.05) is 24.3 Å². The van der Waals surface area contributed by atoms with Gasteiger partial charge in [0.25, 0.3) is 0 Å². The van der Waals surface area contributed by atoms with Gasteiger partial charge in [0.1, 0.15) is 24.7 Å². The fourth-order valence-electron chi connectivity index (χ4n) is 1.67. The van der Waals surface area contributed by atoms with E-state index in [1.165, 1.54) is 7.11 Å². The highest BCUT2D eigenvalue weighted by Crippen LogP contribution is 2.14. The fraction of sp³-hybridized carbons (Fsp3) is 0.188. The largest absolute Gasteiger partial charge is 0.490 e. The minimum Gasteiger partial charge on any atom is -0.490 e. The van der Waals surface area contributed by atoms with Crippen LogP contribution in [0.2, 0.25) is 0 Å². The highest BCUT2D eigenvalue weighted by atomic mass is 16.5. The quantitative estimate of drug-likeness (QED) is 0.599. The van der Waals surface area contributed by atoms with Crippen LogP contribution in [0.4, 0.5) is 0 Å². The number of hydrogen-bond donors (Lipinski definition) is 0. The Hall–Kier alpha value is -2.49. The molecule has 0 saturated heterocycles. The monoisotopic (exact) mass is 272 g/mol. The van der Waals surface area contributed by atoms with Crippen LogP contribution in [0, 0.1) is 0 Å². The van der Waals surface area contributed by atoms with Crippen molar-refractivity contribution in [1.29, 1.82) is 0 Å². The molecule has 0 fully saturated rings. The molecule has 0 heterocycles. The van der Waals surface area contributed by atoms with Gasteiger partial charge >= 0.3 is 5.97 Å². The number of methoxy groups -OCH3 is 1. The van der Waals surface area contributed by atoms with Crippen LogP contribution in [-0.2, 0) is 4.74 Å². The van der Waals surface area contributed by atoms with E-state index < -0.39 is 0 Å². The summed E-state index contributed by atoms with van der Waals surface area (Å²) in [7, 11) is 1.35. The van der Waals surface area contributed by atoms with Crippen LogP contribution in [0.3, 0.4) is 0 Å². The molecule has 0 unspecified atom stereocenters. The lowest BCUT2D eigenvalue weighted by Crippen LogP contribution is -2.09. The number of hydrogen-bond acceptors (Lipinski definition) is 4. The smallest absolute Gasteiger partial charge is 0.337 e. The Labute approximate surface area is 117 Å². The maximum atomic E-state index is 11.4. The van der Waals surface area contributed by atoms with Gasteiger partial charge in [0, 0.05) is 0 Å². The molecule has 20 heavy (non-hydrogen) atoms. The number of carbonyl (C=O) groups is 1. The second-order valence-corrected chi connectivity index (χ2v) is 4.03. The van der Waals surface area contributed by atoms with Crippen LogP contribution in [0.25, 0.3) is 0 Å². The summed E-state index contributed by atoms with van der Waals surface area (Å²) in [4.78, 5) is 11.4. The lowest BCUT2D eigenvalue weighted by Gasteiger charge is -2.09. The molecule has 2 rings (SSSR count). The Balaban J connectivity index is 1.81. The van der Waals surface area contributed by atoms with Crippen LogP contribution >= 0.6 is 0 Å². The van der Waals surface area contributed by atoms with Crippen molar-refractivity contribution in [2.45, 2.75) is 0 Å². The average Bonchev–Trinajstić information content (AvgIpc) is 2.52. The second kappa shape index (κ2) is 7.19. The first-order chi connectivity index (χ1) is 9.79. The Morgan fingerprint density at radius 3 is 2.25 bits per heavy atom. The van der Waals surface area contributed by atoms with Crippen molar-refractivity contribution in [2.24, 2.45) is 0 Å². The van der Waals surface area contributed by atoms with Crippen LogP contribution < -0.4 is 9.47 Å². The molecular weight excluding hydrogens is 256 g/mol. The normalized spacial score (nSPS) is 9.85. The van der Waals surface area contributed by atoms with Gasteiger partial charge in [-0.2, -0.15) is 0 Å². The maximum Gasteiger partial charge on any atom is 0.337 e. The van der Waals surface area contributed by atoms with Gasteiger partial charge in [0.2, 0.25) is 0 Å². The molecule has 0 aliphatic rings. The van der Waals surface area contributed by atoms with Gasteiger partial charge in [-0.25, -0.2) is 4.79 Å². The third-order valence-electron chi connectivity index (χ3n) is 2.62. The molecule has 0 N–H and O–H groups in total. The van der Waals surface area contributed by atoms with Crippen molar-refractivity contribution < 1.29 is 19.0 Å². The Morgan fingerprint density at radius 2 is 1.55 bits per heavy atom. The first-order valence-electron chi connectivity index (χ1n) is 6.28. The van der Waals surface area contributed by atoms with E-state index in [9.17, 15) is 4.79 Å². The van der Waals surface area contributed by atoms with Crippen LogP contribution in [-0.4, -0.2) is 26.3 Å². The first-order valence-corrected chi connectivity index (χ1v) is 6.28. The molecule has 0 aromatic heterocycles. The molecule has 0 saturated carbocycles. The summed E-state index contributed by atoms with van der Waals surface area (Å²) >= 11 is 0. The summed E-state index contributed by atoms with van der Waals surface area (Å²) in [5.74, 6) is 1.04. The Morgan fingerprint density at radius 1 is 0.900 bits per heavy atom. The molecule has 2 aromatic carbocycles. The second-order valence-electron chi connectivity index (χ2n) is 4.03. The van der Waals surface area contributed by atoms with E-state index in [0.717, 1.165) is 5.75 Å². The van der Waals surface area contributed by atoms with Gasteiger partial charge in [0.05, 0.1) is 12.7 Å². The Bertz CT molecular complexity index is 551. The predicted octanol–water partition coefficient (Wildman–Crippen LogP) is 2.93. The minimum absolute atomic E-state index is 0.379.